The van der Waals surface area contributed by atoms with Crippen molar-refractivity contribution >= 4 is 0 Å². The minimum atomic E-state index is -0.293. The summed E-state index contributed by atoms with van der Waals surface area (Å²) < 4.78 is 18.7. The van der Waals surface area contributed by atoms with E-state index in [2.05, 4.69) is 0 Å². The van der Waals surface area contributed by atoms with Crippen LogP contribution in [0.5, 0.6) is 5.75 Å². The molecule has 0 saturated heterocycles. The highest BCUT2D eigenvalue weighted by Crippen LogP contribution is 2.43. The molecule has 2 N–H and O–H groups in total. The van der Waals surface area contributed by atoms with Crippen LogP contribution in [0.25, 0.3) is 0 Å². The molecule has 1 aromatic rings. The van der Waals surface area contributed by atoms with Crippen LogP contribution in [0.4, 0.5) is 4.39 Å². The molecule has 0 aliphatic heterocycles. The van der Waals surface area contributed by atoms with Crippen molar-refractivity contribution in [1.29, 1.82) is 0 Å². The maximum atomic E-state index is 13.6. The van der Waals surface area contributed by atoms with Crippen molar-refractivity contribution in [2.45, 2.75) is 38.0 Å². The van der Waals surface area contributed by atoms with E-state index < -0.39 is 0 Å². The fourth-order valence-electron chi connectivity index (χ4n) is 3.02. The Bertz CT molecular complexity index is 411. The molecule has 94 valence electrons. The first-order valence-electron chi connectivity index (χ1n) is 6.17. The molecule has 1 saturated carbocycles. The zero-order valence-electron chi connectivity index (χ0n) is 10.6. The first kappa shape index (κ1) is 12.4. The quantitative estimate of drug-likeness (QED) is 0.877. The van der Waals surface area contributed by atoms with E-state index in [1.165, 1.54) is 20.0 Å². The molecule has 1 fully saturated rings. The lowest BCUT2D eigenvalue weighted by molar-refractivity contribution is 0.380. The number of hydrogen-bond acceptors (Lipinski definition) is 2. The molecule has 0 radical (unpaired) electrons. The van der Waals surface area contributed by atoms with E-state index >= 15 is 0 Å². The molecule has 0 bridgehead atoms. The Morgan fingerprint density at radius 1 is 1.35 bits per heavy atom. The highest BCUT2D eigenvalue weighted by atomic mass is 19.1. The molecular formula is C14H20FNO. The summed E-state index contributed by atoms with van der Waals surface area (Å²) in [5.74, 6) is 0.0317. The Morgan fingerprint density at radius 2 is 2.00 bits per heavy atom. The van der Waals surface area contributed by atoms with Gasteiger partial charge in [-0.05, 0) is 43.0 Å². The van der Waals surface area contributed by atoms with Crippen molar-refractivity contribution in [3.63, 3.8) is 0 Å². The molecule has 3 heteroatoms. The number of ether oxygens (including phenoxy) is 1. The summed E-state index contributed by atoms with van der Waals surface area (Å²) in [6.45, 7) is 2.58. The molecule has 1 aliphatic carbocycles. The van der Waals surface area contributed by atoms with Gasteiger partial charge in [0.1, 0.15) is 0 Å². The molecule has 17 heavy (non-hydrogen) atoms. The summed E-state index contributed by atoms with van der Waals surface area (Å²) in [7, 11) is 1.50. The van der Waals surface area contributed by atoms with E-state index in [-0.39, 0.29) is 11.2 Å². The van der Waals surface area contributed by atoms with Crippen molar-refractivity contribution in [3.8, 4) is 5.75 Å². The number of methoxy groups -OCH3 is 1. The Labute approximate surface area is 102 Å². The van der Waals surface area contributed by atoms with Crippen LogP contribution in [0.15, 0.2) is 12.1 Å². The highest BCUT2D eigenvalue weighted by molar-refractivity contribution is 5.42. The van der Waals surface area contributed by atoms with Crippen molar-refractivity contribution < 1.29 is 9.13 Å². The lowest BCUT2D eigenvalue weighted by atomic mass is 9.77. The van der Waals surface area contributed by atoms with E-state index in [1.807, 2.05) is 13.0 Å². The summed E-state index contributed by atoms with van der Waals surface area (Å²) >= 11 is 0. The maximum Gasteiger partial charge on any atom is 0.165 e. The summed E-state index contributed by atoms with van der Waals surface area (Å²) in [6.07, 6.45) is 4.60. The molecule has 0 unspecified atom stereocenters. The van der Waals surface area contributed by atoms with Crippen molar-refractivity contribution in [1.82, 2.24) is 0 Å². The Morgan fingerprint density at radius 3 is 2.53 bits per heavy atom. The van der Waals surface area contributed by atoms with Gasteiger partial charge >= 0.3 is 0 Å². The van der Waals surface area contributed by atoms with Gasteiger partial charge in [0.05, 0.1) is 7.11 Å². The smallest absolute Gasteiger partial charge is 0.165 e. The predicted molar refractivity (Wildman–Crippen MR) is 66.9 cm³/mol. The lowest BCUT2D eigenvalue weighted by Gasteiger charge is -2.30. The van der Waals surface area contributed by atoms with Crippen LogP contribution in [-0.4, -0.2) is 13.7 Å². The molecule has 0 atom stereocenters. The van der Waals surface area contributed by atoms with E-state index in [9.17, 15) is 4.39 Å². The number of rotatable bonds is 3. The van der Waals surface area contributed by atoms with Gasteiger partial charge in [-0.15, -0.1) is 0 Å². The van der Waals surface area contributed by atoms with Crippen LogP contribution < -0.4 is 10.5 Å². The molecule has 0 heterocycles. The topological polar surface area (TPSA) is 35.2 Å². The molecule has 0 amide bonds. The van der Waals surface area contributed by atoms with Gasteiger partial charge in [0.25, 0.3) is 0 Å². The average Bonchev–Trinajstić information content (AvgIpc) is 2.79. The summed E-state index contributed by atoms with van der Waals surface area (Å²) in [5, 5.41) is 0. The number of benzene rings is 1. The van der Waals surface area contributed by atoms with Crippen LogP contribution in [0.1, 0.15) is 36.8 Å². The maximum absolute atomic E-state index is 13.6. The van der Waals surface area contributed by atoms with Crippen LogP contribution in [0.2, 0.25) is 0 Å². The number of halogens is 1. The third-order valence-corrected chi connectivity index (χ3v) is 4.02. The van der Waals surface area contributed by atoms with Crippen LogP contribution in [0, 0.1) is 12.7 Å². The SMILES string of the molecule is COc1cc(C2(CN)CCCC2)c(C)cc1F. The third kappa shape index (κ3) is 2.04. The number of aryl methyl sites for hydroxylation is 1. The van der Waals surface area contributed by atoms with E-state index in [1.54, 1.807) is 6.07 Å². The average molecular weight is 237 g/mol. The Balaban J connectivity index is 2.50. The molecule has 0 aromatic heterocycles. The highest BCUT2D eigenvalue weighted by Gasteiger charge is 2.36. The second kappa shape index (κ2) is 4.65. The van der Waals surface area contributed by atoms with Gasteiger partial charge in [-0.3, -0.25) is 0 Å². The predicted octanol–water partition coefficient (Wildman–Crippen LogP) is 2.91. The van der Waals surface area contributed by atoms with Gasteiger partial charge in [0.15, 0.2) is 11.6 Å². The first-order chi connectivity index (χ1) is 8.13. The van der Waals surface area contributed by atoms with Gasteiger partial charge in [-0.2, -0.15) is 0 Å². The standard InChI is InChI=1S/C14H20FNO/c1-10-7-12(15)13(17-2)8-11(10)14(9-16)5-3-4-6-14/h7-8H,3-6,9,16H2,1-2H3. The monoisotopic (exact) mass is 237 g/mol. The number of nitrogens with two attached hydrogens (primary N) is 1. The lowest BCUT2D eigenvalue weighted by Crippen LogP contribution is -2.32. The zero-order valence-corrected chi connectivity index (χ0v) is 10.6. The van der Waals surface area contributed by atoms with Gasteiger partial charge in [0.2, 0.25) is 0 Å². The number of hydrogen-bond donors (Lipinski definition) is 1. The van der Waals surface area contributed by atoms with Crippen LogP contribution in [-0.2, 0) is 5.41 Å². The first-order valence-corrected chi connectivity index (χ1v) is 6.17. The molecule has 2 nitrogen and oxygen atoms in total. The van der Waals surface area contributed by atoms with Gasteiger partial charge < -0.3 is 10.5 Å². The summed E-state index contributed by atoms with van der Waals surface area (Å²) in [5.41, 5.74) is 8.14. The van der Waals surface area contributed by atoms with Crippen molar-refractivity contribution in [2.75, 3.05) is 13.7 Å². The fraction of sp³-hybridized carbons (Fsp3) is 0.571. The summed E-state index contributed by atoms with van der Waals surface area (Å²) in [4.78, 5) is 0. The fourth-order valence-corrected chi connectivity index (χ4v) is 3.02. The van der Waals surface area contributed by atoms with Crippen LogP contribution >= 0.6 is 0 Å². The van der Waals surface area contributed by atoms with E-state index in [0.29, 0.717) is 12.3 Å². The molecule has 2 rings (SSSR count). The zero-order chi connectivity index (χ0) is 12.5. The van der Waals surface area contributed by atoms with Gasteiger partial charge in [-0.1, -0.05) is 12.8 Å². The van der Waals surface area contributed by atoms with Crippen molar-refractivity contribution in [2.24, 2.45) is 5.73 Å². The molecule has 0 spiro atoms. The normalized spacial score (nSPS) is 18.4. The van der Waals surface area contributed by atoms with Gasteiger partial charge in [0, 0.05) is 12.0 Å². The van der Waals surface area contributed by atoms with E-state index in [4.69, 9.17) is 10.5 Å². The summed E-state index contributed by atoms with van der Waals surface area (Å²) in [6, 6.07) is 3.40. The Hall–Kier alpha value is -1.09. The molecular weight excluding hydrogens is 217 g/mol. The van der Waals surface area contributed by atoms with E-state index in [0.717, 1.165) is 24.0 Å². The largest absolute Gasteiger partial charge is 0.494 e. The second-order valence-electron chi connectivity index (χ2n) is 4.99. The minimum absolute atomic E-state index is 0.0328. The molecule has 1 aliphatic rings. The third-order valence-electron chi connectivity index (χ3n) is 4.02. The van der Waals surface area contributed by atoms with Crippen molar-refractivity contribution in [3.05, 3.63) is 29.1 Å². The minimum Gasteiger partial charge on any atom is -0.494 e. The van der Waals surface area contributed by atoms with Crippen LogP contribution in [0.3, 0.4) is 0 Å². The molecule has 1 aromatic carbocycles. The Kier molecular flexibility index (Phi) is 3.38. The van der Waals surface area contributed by atoms with Gasteiger partial charge in [-0.25, -0.2) is 4.39 Å². The second-order valence-corrected chi connectivity index (χ2v) is 4.99.